The lowest BCUT2D eigenvalue weighted by Crippen LogP contribution is -2.49. The van der Waals surface area contributed by atoms with Crippen LogP contribution in [0.5, 0.6) is 0 Å². The zero-order valence-corrected chi connectivity index (χ0v) is 57.8. The predicted molar refractivity (Wildman–Crippen MR) is 355 cm³/mol. The molecular weight excluding hydrogens is 1330 g/mol. The van der Waals surface area contributed by atoms with Crippen molar-refractivity contribution in [3.8, 4) is 0 Å². The molecule has 0 unspecified atom stereocenters. The van der Waals surface area contributed by atoms with Crippen LogP contribution in [0, 0.1) is 11.6 Å². The Morgan fingerprint density at radius 3 is 1.05 bits per heavy atom. The molecule has 96 heavy (non-hydrogen) atoms. The predicted octanol–water partition coefficient (Wildman–Crippen LogP) is 10.5. The van der Waals surface area contributed by atoms with E-state index >= 15 is 8.78 Å². The Morgan fingerprint density at radius 2 is 0.781 bits per heavy atom. The number of carbonyl (C=O) groups excluding carboxylic acids is 2. The highest BCUT2D eigenvalue weighted by Gasteiger charge is 2.53. The van der Waals surface area contributed by atoms with E-state index in [-0.39, 0.29) is 95.3 Å². The lowest BCUT2D eigenvalue weighted by Gasteiger charge is -2.36. The van der Waals surface area contributed by atoms with E-state index in [0.717, 1.165) is 37.8 Å². The second-order valence-corrected chi connectivity index (χ2v) is 34.1. The standard InChI is InChI=1S/C38H52FN3O10P2.C26H28FN3O10P2/c1-23(2)49-53(47,50-24(3)4)35(54(48,51-25(5)6)52-26(7)8)19-27-9-11-28(12-10-27)37(44)41-17-15-40(16-18-41)34-21-33-30(20-32(34)39)36(43)31(38(45)46)22-42(33)29-13-14-29;27-20-12-18-21(30(17-5-6-17)14-19(24(18)31)26(33)34)13-22(20)28-7-9-29(10-8-28)25(32)16-3-1-15(2-4-16)11-23(41(35,36)37)42(38,39)40/h9-12,20-26,29,35H,13-19H2,1-8H3,(H,45,46);1-4,12-14,17,23H,5-11H2,(H,33,34)(H2,35,36,37)(H2,38,39,40). The van der Waals surface area contributed by atoms with Crippen molar-refractivity contribution in [2.24, 2.45) is 0 Å². The van der Waals surface area contributed by atoms with Crippen LogP contribution in [0.2, 0.25) is 0 Å². The number of benzene rings is 4. The number of rotatable bonds is 24. The molecule has 2 aromatic heterocycles. The van der Waals surface area contributed by atoms with Crippen LogP contribution in [-0.2, 0) is 49.2 Å². The first-order valence-electron chi connectivity index (χ1n) is 31.5. The van der Waals surface area contributed by atoms with E-state index in [9.17, 15) is 76.8 Å². The molecule has 2 saturated carbocycles. The van der Waals surface area contributed by atoms with Crippen molar-refractivity contribution in [1.29, 1.82) is 0 Å². The first-order chi connectivity index (χ1) is 45.0. The molecule has 2 amide bonds. The van der Waals surface area contributed by atoms with Gasteiger partial charge in [-0.3, -0.25) is 37.4 Å². The van der Waals surface area contributed by atoms with Crippen LogP contribution in [0.25, 0.3) is 21.8 Å². The molecule has 0 spiro atoms. The summed E-state index contributed by atoms with van der Waals surface area (Å²) in [5, 5.41) is 15.5. The molecule has 4 aliphatic rings. The average molecular weight is 1420 g/mol. The van der Waals surface area contributed by atoms with Crippen molar-refractivity contribution in [3.63, 3.8) is 0 Å². The van der Waals surface area contributed by atoms with Crippen LogP contribution in [0.15, 0.2) is 94.8 Å². The zero-order chi connectivity index (χ0) is 70.3. The summed E-state index contributed by atoms with van der Waals surface area (Å²) in [6.45, 7) is 16.0. The summed E-state index contributed by atoms with van der Waals surface area (Å²) in [6.07, 6.45) is 3.30. The number of halogens is 2. The number of pyridine rings is 2. The number of amides is 2. The van der Waals surface area contributed by atoms with Gasteiger partial charge >= 0.3 is 42.3 Å². The Balaban J connectivity index is 0.000000232. The minimum absolute atomic E-state index is 0.00628. The number of carbonyl (C=O) groups is 4. The largest absolute Gasteiger partial charge is 0.477 e. The molecule has 0 bridgehead atoms. The van der Waals surface area contributed by atoms with Gasteiger partial charge in [-0.15, -0.1) is 0 Å². The Kier molecular flexibility index (Phi) is 22.5. The van der Waals surface area contributed by atoms with Crippen molar-refractivity contribution in [3.05, 3.63) is 151 Å². The van der Waals surface area contributed by atoms with E-state index in [1.807, 2.05) is 4.90 Å². The van der Waals surface area contributed by atoms with Crippen molar-refractivity contribution in [2.45, 2.75) is 141 Å². The first-order valence-corrected chi connectivity index (χ1v) is 38.1. The maximum absolute atomic E-state index is 15.5. The van der Waals surface area contributed by atoms with Crippen molar-refractivity contribution in [1.82, 2.24) is 18.9 Å². The van der Waals surface area contributed by atoms with E-state index in [4.69, 9.17) is 18.1 Å². The average Bonchev–Trinajstić information content (AvgIpc) is 1.65. The Hall–Kier alpha value is -6.76. The highest BCUT2D eigenvalue weighted by Crippen LogP contribution is 2.72. The second kappa shape index (κ2) is 29.4. The fourth-order valence-electron chi connectivity index (χ4n) is 11.8. The minimum atomic E-state index is -5.09. The summed E-state index contributed by atoms with van der Waals surface area (Å²) >= 11 is 0. The molecule has 26 nitrogen and oxygen atoms in total. The zero-order valence-electron chi connectivity index (χ0n) is 54.2. The smallest absolute Gasteiger partial charge is 0.346 e. The van der Waals surface area contributed by atoms with Gasteiger partial charge in [0.1, 0.15) is 22.8 Å². The van der Waals surface area contributed by atoms with E-state index in [0.29, 0.717) is 48.3 Å². The summed E-state index contributed by atoms with van der Waals surface area (Å²) in [6, 6.07) is 17.7. The molecule has 2 saturated heterocycles. The molecule has 32 heteroatoms. The fraction of sp³-hybridized carbons (Fsp3) is 0.469. The van der Waals surface area contributed by atoms with Crippen LogP contribution in [0.3, 0.4) is 0 Å². The summed E-state index contributed by atoms with van der Waals surface area (Å²) in [5.74, 6) is -4.61. The number of nitrogens with zero attached hydrogens (tertiary/aromatic N) is 6. The minimum Gasteiger partial charge on any atom is -0.477 e. The number of piperazine rings is 2. The molecular formula is C64H80F2N6O20P4. The number of carboxylic acid groups (broad SMARTS) is 2. The van der Waals surface area contributed by atoms with Gasteiger partial charge in [-0.25, -0.2) is 18.4 Å². The van der Waals surface area contributed by atoms with Crippen LogP contribution < -0.4 is 20.7 Å². The fourth-order valence-corrected chi connectivity index (χ4v) is 20.2. The number of aromatic carboxylic acids is 2. The topological polar surface area (TPSA) is 352 Å². The van der Waals surface area contributed by atoms with E-state index in [1.54, 1.807) is 116 Å². The molecule has 2 aliphatic heterocycles. The highest BCUT2D eigenvalue weighted by molar-refractivity contribution is 7.72. The second-order valence-electron chi connectivity index (χ2n) is 25.5. The summed E-state index contributed by atoms with van der Waals surface area (Å²) in [5.41, 5.74) is 0.698. The van der Waals surface area contributed by atoms with E-state index in [2.05, 4.69) is 0 Å². The molecule has 10 rings (SSSR count). The molecule has 0 atom stereocenters. The van der Waals surface area contributed by atoms with Crippen molar-refractivity contribution < 1.29 is 94.1 Å². The van der Waals surface area contributed by atoms with Crippen LogP contribution >= 0.6 is 30.4 Å². The Bertz CT molecular complexity index is 4180. The molecule has 0 radical (unpaired) electrons. The number of fused-ring (bicyclic) bond motifs is 2. The van der Waals surface area contributed by atoms with Gasteiger partial charge < -0.3 is 76.6 Å². The molecule has 4 aromatic carbocycles. The molecule has 2 aliphatic carbocycles. The summed E-state index contributed by atoms with van der Waals surface area (Å²) < 4.78 is 110. The highest BCUT2D eigenvalue weighted by atomic mass is 31.2. The number of carboxylic acids is 2. The van der Waals surface area contributed by atoms with Gasteiger partial charge in [0.25, 0.3) is 11.8 Å². The number of aromatic nitrogens is 2. The van der Waals surface area contributed by atoms with Gasteiger partial charge in [-0.05, 0) is 154 Å². The third-order valence-electron chi connectivity index (χ3n) is 16.5. The van der Waals surface area contributed by atoms with Crippen molar-refractivity contribution >= 4 is 87.3 Å². The van der Waals surface area contributed by atoms with Gasteiger partial charge in [0.05, 0.1) is 46.8 Å². The summed E-state index contributed by atoms with van der Waals surface area (Å²) in [4.78, 5) is 120. The Morgan fingerprint density at radius 1 is 0.479 bits per heavy atom. The quantitative estimate of drug-likeness (QED) is 0.0307. The number of anilines is 2. The molecule has 4 fully saturated rings. The normalized spacial score (nSPS) is 16.0. The number of hydrogen-bond donors (Lipinski definition) is 6. The molecule has 4 heterocycles. The molecule has 6 aromatic rings. The number of hydrogen-bond acceptors (Lipinski definition) is 16. The maximum Gasteiger partial charge on any atom is 0.346 e. The van der Waals surface area contributed by atoms with Crippen LogP contribution in [0.1, 0.15) is 146 Å². The lowest BCUT2D eigenvalue weighted by molar-refractivity contribution is 0.0684. The first kappa shape index (κ1) is 73.5. The van der Waals surface area contributed by atoms with E-state index in [1.165, 1.54) is 36.7 Å². The van der Waals surface area contributed by atoms with Gasteiger partial charge in [-0.2, -0.15) is 0 Å². The lowest BCUT2D eigenvalue weighted by atomic mass is 10.1. The van der Waals surface area contributed by atoms with E-state index < -0.39 is 112 Å². The van der Waals surface area contributed by atoms with Gasteiger partial charge in [0.15, 0.2) is 10.8 Å². The molecule has 520 valence electrons. The Labute approximate surface area is 552 Å². The molecule has 6 N–H and O–H groups in total. The van der Waals surface area contributed by atoms with Gasteiger partial charge in [0, 0.05) is 98.7 Å². The third kappa shape index (κ3) is 17.0. The maximum atomic E-state index is 15.5. The summed E-state index contributed by atoms with van der Waals surface area (Å²) in [7, 11) is -18.4. The third-order valence-corrected chi connectivity index (χ3v) is 26.6. The van der Waals surface area contributed by atoms with Crippen LogP contribution in [0.4, 0.5) is 20.2 Å². The van der Waals surface area contributed by atoms with Gasteiger partial charge in [0.2, 0.25) is 10.9 Å². The monoisotopic (exact) mass is 1410 g/mol. The SMILES string of the molecule is CC(C)OP(=O)(OC(C)C)C(Cc1ccc(C(=O)N2CCN(c3cc4c(cc3F)c(=O)c(C(=O)O)cn4C3CC3)CC2)cc1)P(=O)(OC(C)C)OC(C)C.O=C(O)c1cn(C2CC2)c2cc(N3CCN(C(=O)c4ccc(CC(P(=O)(O)O)P(=O)(O)O)cc4)CC3)c(F)cc2c1=O. The van der Waals surface area contributed by atoms with Gasteiger partial charge in [-0.1, -0.05) is 24.3 Å². The van der Waals surface area contributed by atoms with Crippen molar-refractivity contribution in [2.75, 3.05) is 62.2 Å². The van der Waals surface area contributed by atoms with Crippen LogP contribution in [-0.4, -0.2) is 160 Å².